The van der Waals surface area contributed by atoms with Gasteiger partial charge in [-0.25, -0.2) is 4.52 Å². The highest BCUT2D eigenvalue weighted by Crippen LogP contribution is 2.39. The summed E-state index contributed by atoms with van der Waals surface area (Å²) >= 11 is 0. The number of fused-ring (bicyclic) bond motifs is 1. The first-order valence-electron chi connectivity index (χ1n) is 7.79. The van der Waals surface area contributed by atoms with E-state index in [1.54, 1.807) is 11.4 Å². The van der Waals surface area contributed by atoms with Crippen molar-refractivity contribution >= 4 is 23.1 Å². The van der Waals surface area contributed by atoms with Crippen LogP contribution in [0.1, 0.15) is 31.4 Å². The van der Waals surface area contributed by atoms with Gasteiger partial charge in [-0.2, -0.15) is 10.1 Å². The van der Waals surface area contributed by atoms with E-state index in [0.717, 1.165) is 17.0 Å². The van der Waals surface area contributed by atoms with Gasteiger partial charge in [0.15, 0.2) is 5.82 Å². The summed E-state index contributed by atoms with van der Waals surface area (Å²) in [5.41, 5.74) is 1.97. The Kier molecular flexibility index (Phi) is 3.38. The number of aliphatic hydroxyl groups excluding tert-OH is 1. The molecule has 0 saturated heterocycles. The van der Waals surface area contributed by atoms with Crippen LogP contribution in [0.3, 0.4) is 0 Å². The van der Waals surface area contributed by atoms with E-state index in [2.05, 4.69) is 30.9 Å². The lowest BCUT2D eigenvalue weighted by molar-refractivity contribution is 0.208. The van der Waals surface area contributed by atoms with E-state index in [9.17, 15) is 5.11 Å². The fraction of sp³-hybridized carbons (Fsp3) is 0.400. The molecule has 1 atom stereocenters. The minimum absolute atomic E-state index is 0.391. The number of rotatable bonds is 6. The van der Waals surface area contributed by atoms with Crippen molar-refractivity contribution in [3.8, 4) is 0 Å². The lowest BCUT2D eigenvalue weighted by atomic mass is 10.3. The molecule has 1 aliphatic rings. The Labute approximate surface area is 132 Å². The molecule has 0 aliphatic heterocycles. The van der Waals surface area contributed by atoms with Crippen LogP contribution >= 0.6 is 0 Å². The van der Waals surface area contributed by atoms with Gasteiger partial charge in [-0.3, -0.25) is 5.10 Å². The lowest BCUT2D eigenvalue weighted by Gasteiger charge is -2.10. The first kappa shape index (κ1) is 14.0. The zero-order valence-corrected chi connectivity index (χ0v) is 12.8. The molecule has 3 aromatic rings. The SMILES string of the molecule is C[C@H](O)CNc1nc(Nc2cc(C3CC3)n[nH]2)c2cccn2n1. The zero-order chi connectivity index (χ0) is 15.8. The van der Waals surface area contributed by atoms with Crippen LogP contribution in [0.2, 0.25) is 0 Å². The summed E-state index contributed by atoms with van der Waals surface area (Å²) in [4.78, 5) is 4.50. The number of aromatic nitrogens is 5. The summed E-state index contributed by atoms with van der Waals surface area (Å²) in [6.45, 7) is 2.10. The molecule has 0 amide bonds. The van der Waals surface area contributed by atoms with E-state index in [0.29, 0.717) is 24.2 Å². The molecule has 3 heterocycles. The third-order valence-corrected chi connectivity index (χ3v) is 3.79. The molecule has 4 rings (SSSR count). The summed E-state index contributed by atoms with van der Waals surface area (Å²) in [5, 5.41) is 27.4. The van der Waals surface area contributed by atoms with Crippen molar-refractivity contribution in [2.45, 2.75) is 31.8 Å². The molecular weight excluding hydrogens is 294 g/mol. The highest BCUT2D eigenvalue weighted by molar-refractivity contribution is 5.73. The Morgan fingerprint density at radius 3 is 3.13 bits per heavy atom. The monoisotopic (exact) mass is 313 g/mol. The zero-order valence-electron chi connectivity index (χ0n) is 12.8. The van der Waals surface area contributed by atoms with E-state index in [1.807, 2.05) is 24.4 Å². The van der Waals surface area contributed by atoms with E-state index in [-0.39, 0.29) is 0 Å². The average molecular weight is 313 g/mol. The molecule has 0 radical (unpaired) electrons. The number of anilines is 3. The average Bonchev–Trinajstić information content (AvgIpc) is 3.07. The maximum absolute atomic E-state index is 9.40. The summed E-state index contributed by atoms with van der Waals surface area (Å²) < 4.78 is 1.75. The topological polar surface area (TPSA) is 103 Å². The van der Waals surface area contributed by atoms with Crippen LogP contribution in [0.25, 0.3) is 5.52 Å². The molecule has 4 N–H and O–H groups in total. The van der Waals surface area contributed by atoms with Crippen molar-refractivity contribution in [1.29, 1.82) is 0 Å². The minimum Gasteiger partial charge on any atom is -0.392 e. The Bertz CT molecular complexity index is 818. The van der Waals surface area contributed by atoms with Crippen LogP contribution in [0.15, 0.2) is 24.4 Å². The molecule has 8 heteroatoms. The fourth-order valence-electron chi connectivity index (χ4n) is 2.46. The number of H-pyrrole nitrogens is 1. The van der Waals surface area contributed by atoms with Gasteiger partial charge < -0.3 is 15.7 Å². The van der Waals surface area contributed by atoms with Crippen molar-refractivity contribution in [1.82, 2.24) is 24.8 Å². The molecule has 0 unspecified atom stereocenters. The third kappa shape index (κ3) is 2.98. The Morgan fingerprint density at radius 1 is 1.48 bits per heavy atom. The van der Waals surface area contributed by atoms with Gasteiger partial charge in [0.05, 0.1) is 11.8 Å². The summed E-state index contributed by atoms with van der Waals surface area (Å²) in [7, 11) is 0. The number of nitrogens with one attached hydrogen (secondary N) is 3. The third-order valence-electron chi connectivity index (χ3n) is 3.79. The molecule has 3 aromatic heterocycles. The van der Waals surface area contributed by atoms with Crippen molar-refractivity contribution in [2.75, 3.05) is 17.2 Å². The highest BCUT2D eigenvalue weighted by atomic mass is 16.3. The molecule has 1 saturated carbocycles. The summed E-state index contributed by atoms with van der Waals surface area (Å²) in [5.74, 6) is 2.56. The normalized spacial score (nSPS) is 15.7. The molecule has 0 spiro atoms. The number of nitrogens with zero attached hydrogens (tertiary/aromatic N) is 4. The molecule has 1 aliphatic carbocycles. The number of aliphatic hydroxyl groups is 1. The van der Waals surface area contributed by atoms with Crippen molar-refractivity contribution < 1.29 is 5.11 Å². The predicted molar refractivity (Wildman–Crippen MR) is 87.0 cm³/mol. The smallest absolute Gasteiger partial charge is 0.243 e. The fourth-order valence-corrected chi connectivity index (χ4v) is 2.46. The van der Waals surface area contributed by atoms with Crippen LogP contribution in [-0.2, 0) is 0 Å². The van der Waals surface area contributed by atoms with E-state index in [1.165, 1.54) is 12.8 Å². The van der Waals surface area contributed by atoms with Gasteiger partial charge in [0.1, 0.15) is 11.3 Å². The van der Waals surface area contributed by atoms with Crippen molar-refractivity contribution in [2.24, 2.45) is 0 Å². The second-order valence-electron chi connectivity index (χ2n) is 5.96. The van der Waals surface area contributed by atoms with Gasteiger partial charge in [0, 0.05) is 24.7 Å². The van der Waals surface area contributed by atoms with Gasteiger partial charge in [0.2, 0.25) is 5.95 Å². The van der Waals surface area contributed by atoms with E-state index < -0.39 is 6.10 Å². The van der Waals surface area contributed by atoms with Crippen LogP contribution in [0, 0.1) is 0 Å². The molecule has 0 bridgehead atoms. The van der Waals surface area contributed by atoms with Crippen LogP contribution in [0.5, 0.6) is 0 Å². The first-order chi connectivity index (χ1) is 11.2. The second-order valence-corrected chi connectivity index (χ2v) is 5.96. The maximum atomic E-state index is 9.40. The van der Waals surface area contributed by atoms with E-state index >= 15 is 0 Å². The van der Waals surface area contributed by atoms with Gasteiger partial charge in [-0.15, -0.1) is 5.10 Å². The molecule has 23 heavy (non-hydrogen) atoms. The Morgan fingerprint density at radius 2 is 2.35 bits per heavy atom. The predicted octanol–water partition coefficient (Wildman–Crippen LogP) is 1.87. The van der Waals surface area contributed by atoms with Gasteiger partial charge in [-0.05, 0) is 31.9 Å². The van der Waals surface area contributed by atoms with Crippen LogP contribution < -0.4 is 10.6 Å². The standard InChI is InChI=1S/C15H19N7O/c1-9(23)8-16-15-18-14(12-3-2-6-22(12)21-15)17-13-7-11(19-20-13)10-4-5-10/h2-3,6-7,9-10,23H,4-5,8H2,1H3,(H3,16,17,18,19,20,21)/t9-/m0/s1. The van der Waals surface area contributed by atoms with Crippen molar-refractivity contribution in [3.63, 3.8) is 0 Å². The molecule has 8 nitrogen and oxygen atoms in total. The van der Waals surface area contributed by atoms with Crippen LogP contribution in [-0.4, -0.2) is 42.6 Å². The molecule has 0 aromatic carbocycles. The van der Waals surface area contributed by atoms with E-state index in [4.69, 9.17) is 0 Å². The Balaban J connectivity index is 1.62. The lowest BCUT2D eigenvalue weighted by Crippen LogP contribution is -2.18. The second kappa shape index (κ2) is 5.54. The molecular formula is C15H19N7O. The van der Waals surface area contributed by atoms with Gasteiger partial charge in [-0.1, -0.05) is 0 Å². The minimum atomic E-state index is -0.468. The maximum Gasteiger partial charge on any atom is 0.243 e. The van der Waals surface area contributed by atoms with Gasteiger partial charge in [0.25, 0.3) is 0 Å². The molecule has 120 valence electrons. The Hall–Kier alpha value is -2.61. The summed E-state index contributed by atoms with van der Waals surface area (Å²) in [6.07, 6.45) is 3.82. The van der Waals surface area contributed by atoms with Crippen molar-refractivity contribution in [3.05, 3.63) is 30.1 Å². The highest BCUT2D eigenvalue weighted by Gasteiger charge is 2.26. The quantitative estimate of drug-likeness (QED) is 0.554. The first-order valence-corrected chi connectivity index (χ1v) is 7.79. The number of hydrogen-bond donors (Lipinski definition) is 4. The number of aromatic amines is 1. The molecule has 1 fully saturated rings. The summed E-state index contributed by atoms with van der Waals surface area (Å²) in [6, 6.07) is 5.89. The van der Waals surface area contributed by atoms with Gasteiger partial charge >= 0.3 is 0 Å². The number of hydrogen-bond acceptors (Lipinski definition) is 6. The largest absolute Gasteiger partial charge is 0.392 e. The van der Waals surface area contributed by atoms with Crippen LogP contribution in [0.4, 0.5) is 17.6 Å².